The van der Waals surface area contributed by atoms with E-state index in [2.05, 4.69) is 10.3 Å². The van der Waals surface area contributed by atoms with E-state index >= 15 is 0 Å². The Balaban J connectivity index is 1.52. The third kappa shape index (κ3) is 5.17. The van der Waals surface area contributed by atoms with Crippen molar-refractivity contribution in [3.63, 3.8) is 0 Å². The fraction of sp³-hybridized carbons (Fsp3) is 0.375. The van der Waals surface area contributed by atoms with Crippen molar-refractivity contribution in [1.82, 2.24) is 14.6 Å². The minimum atomic E-state index is -3.78. The Labute approximate surface area is 183 Å². The normalized spacial score (nSPS) is 15.4. The van der Waals surface area contributed by atoms with Gasteiger partial charge in [0, 0.05) is 29.7 Å². The average Bonchev–Trinajstić information content (AvgIpc) is 3.21. The molecule has 0 bridgehead atoms. The molecule has 6 nitrogen and oxygen atoms in total. The topological polar surface area (TPSA) is 82.3 Å². The Bertz CT molecular complexity index is 1120. The van der Waals surface area contributed by atoms with Crippen LogP contribution in [0, 0.1) is 0 Å². The van der Waals surface area contributed by atoms with Crippen LogP contribution in [-0.2, 0) is 21.2 Å². The summed E-state index contributed by atoms with van der Waals surface area (Å²) in [6.07, 6.45) is 7.78. The van der Waals surface area contributed by atoms with Gasteiger partial charge in [0.2, 0.25) is 15.9 Å². The number of amides is 1. The maximum Gasteiger partial charge on any atom is 0.243 e. The van der Waals surface area contributed by atoms with Gasteiger partial charge in [-0.05, 0) is 43.0 Å². The van der Waals surface area contributed by atoms with E-state index in [0.717, 1.165) is 42.1 Å². The van der Waals surface area contributed by atoms with E-state index < -0.39 is 10.0 Å². The molecule has 0 unspecified atom stereocenters. The van der Waals surface area contributed by atoms with E-state index in [1.54, 1.807) is 30.3 Å². The van der Waals surface area contributed by atoms with Crippen LogP contribution in [0.3, 0.4) is 0 Å². The second-order valence-corrected chi connectivity index (χ2v) is 10.1. The van der Waals surface area contributed by atoms with Gasteiger partial charge in [0.05, 0.1) is 11.4 Å². The van der Waals surface area contributed by atoms with Crippen molar-refractivity contribution in [3.05, 3.63) is 66.4 Å². The zero-order valence-corrected chi connectivity index (χ0v) is 18.4. The number of benzene rings is 2. The van der Waals surface area contributed by atoms with Crippen LogP contribution in [0.1, 0.15) is 37.7 Å². The third-order valence-electron chi connectivity index (χ3n) is 5.98. The number of hydrogen-bond acceptors (Lipinski definition) is 3. The fourth-order valence-electron chi connectivity index (χ4n) is 4.29. The summed E-state index contributed by atoms with van der Waals surface area (Å²) in [5.74, 6) is -0.231. The number of H-pyrrole nitrogens is 1. The molecule has 2 N–H and O–H groups in total. The smallest absolute Gasteiger partial charge is 0.243 e. The van der Waals surface area contributed by atoms with Gasteiger partial charge in [0.25, 0.3) is 0 Å². The molecule has 1 amide bonds. The van der Waals surface area contributed by atoms with Gasteiger partial charge in [-0.15, -0.1) is 0 Å². The number of nitrogens with zero attached hydrogens (tertiary/aromatic N) is 1. The predicted molar refractivity (Wildman–Crippen MR) is 122 cm³/mol. The molecule has 3 aromatic rings. The lowest BCUT2D eigenvalue weighted by atomic mass is 9.95. The quantitative estimate of drug-likeness (QED) is 0.559. The molecule has 7 heteroatoms. The van der Waals surface area contributed by atoms with E-state index in [1.165, 1.54) is 10.7 Å². The number of carbonyl (C=O) groups excluding carboxylic acids is 1. The molecule has 0 atom stereocenters. The van der Waals surface area contributed by atoms with Gasteiger partial charge in [-0.25, -0.2) is 8.42 Å². The largest absolute Gasteiger partial charge is 0.361 e. The summed E-state index contributed by atoms with van der Waals surface area (Å²) < 4.78 is 28.0. The number of rotatable bonds is 8. The van der Waals surface area contributed by atoms with Crippen molar-refractivity contribution in [2.45, 2.75) is 49.5 Å². The Kier molecular flexibility index (Phi) is 6.73. The van der Waals surface area contributed by atoms with E-state index in [9.17, 15) is 13.2 Å². The molecule has 0 radical (unpaired) electrons. The summed E-state index contributed by atoms with van der Waals surface area (Å²) in [6.45, 7) is 0.0627. The molecule has 1 heterocycles. The summed E-state index contributed by atoms with van der Waals surface area (Å²) in [5, 5.41) is 4.12. The zero-order chi connectivity index (χ0) is 21.7. The number of sulfonamides is 1. The lowest BCUT2D eigenvalue weighted by molar-refractivity contribution is -0.122. The van der Waals surface area contributed by atoms with Crippen LogP contribution in [0.15, 0.2) is 65.7 Å². The number of aromatic amines is 1. The van der Waals surface area contributed by atoms with Crippen LogP contribution in [0.2, 0.25) is 0 Å². The molecule has 0 spiro atoms. The highest BCUT2D eigenvalue weighted by molar-refractivity contribution is 7.89. The van der Waals surface area contributed by atoms with E-state index in [4.69, 9.17) is 0 Å². The number of nitrogens with one attached hydrogen (secondary N) is 2. The maximum absolute atomic E-state index is 13.3. The van der Waals surface area contributed by atoms with Crippen molar-refractivity contribution >= 4 is 26.8 Å². The number of carbonyl (C=O) groups is 1. The Morgan fingerprint density at radius 3 is 2.48 bits per heavy atom. The Hall–Kier alpha value is -2.64. The summed E-state index contributed by atoms with van der Waals surface area (Å²) in [4.78, 5) is 16.2. The van der Waals surface area contributed by atoms with Gasteiger partial charge < -0.3 is 10.3 Å². The highest BCUT2D eigenvalue weighted by Crippen LogP contribution is 2.21. The lowest BCUT2D eigenvalue weighted by Crippen LogP contribution is -2.45. The molecule has 31 heavy (non-hydrogen) atoms. The number of fused-ring (bicyclic) bond motifs is 1. The molecule has 4 rings (SSSR count). The SMILES string of the molecule is O=C(CN(CCc1c[nH]c2ccccc12)S(=O)(=O)c1ccccc1)NC1CCCCC1. The van der Waals surface area contributed by atoms with E-state index in [-0.39, 0.29) is 29.9 Å². The van der Waals surface area contributed by atoms with Crippen molar-refractivity contribution < 1.29 is 13.2 Å². The summed E-state index contributed by atoms with van der Waals surface area (Å²) in [6, 6.07) is 16.4. The molecule has 1 saturated carbocycles. The molecular formula is C24H29N3O3S. The molecule has 1 aliphatic rings. The van der Waals surface area contributed by atoms with Crippen LogP contribution in [0.4, 0.5) is 0 Å². The lowest BCUT2D eigenvalue weighted by Gasteiger charge is -2.26. The van der Waals surface area contributed by atoms with Crippen LogP contribution in [-0.4, -0.2) is 42.7 Å². The van der Waals surface area contributed by atoms with Crippen molar-refractivity contribution in [1.29, 1.82) is 0 Å². The van der Waals surface area contributed by atoms with Gasteiger partial charge in [0.15, 0.2) is 0 Å². The number of para-hydroxylation sites is 1. The highest BCUT2D eigenvalue weighted by atomic mass is 32.2. The molecule has 2 aromatic carbocycles. The van der Waals surface area contributed by atoms with E-state index in [0.29, 0.717) is 6.42 Å². The molecule has 164 valence electrons. The molecule has 1 aromatic heterocycles. The van der Waals surface area contributed by atoms with Crippen LogP contribution in [0.5, 0.6) is 0 Å². The monoisotopic (exact) mass is 439 g/mol. The van der Waals surface area contributed by atoms with E-state index in [1.807, 2.05) is 30.5 Å². The van der Waals surface area contributed by atoms with Gasteiger partial charge in [-0.3, -0.25) is 4.79 Å². The molecule has 0 aliphatic heterocycles. The van der Waals surface area contributed by atoms with Gasteiger partial charge >= 0.3 is 0 Å². The van der Waals surface area contributed by atoms with Gasteiger partial charge in [-0.1, -0.05) is 55.7 Å². The minimum Gasteiger partial charge on any atom is -0.361 e. The molecule has 0 saturated heterocycles. The van der Waals surface area contributed by atoms with Crippen molar-refractivity contribution in [2.24, 2.45) is 0 Å². The van der Waals surface area contributed by atoms with Crippen LogP contribution >= 0.6 is 0 Å². The second-order valence-electron chi connectivity index (χ2n) is 8.16. The predicted octanol–water partition coefficient (Wildman–Crippen LogP) is 3.85. The number of hydrogen-bond donors (Lipinski definition) is 2. The molecule has 1 aliphatic carbocycles. The Morgan fingerprint density at radius 1 is 1.00 bits per heavy atom. The van der Waals surface area contributed by atoms with Crippen LogP contribution in [0.25, 0.3) is 10.9 Å². The second kappa shape index (κ2) is 9.66. The zero-order valence-electron chi connectivity index (χ0n) is 17.6. The first-order valence-corrected chi connectivity index (χ1v) is 12.4. The molecule has 1 fully saturated rings. The minimum absolute atomic E-state index is 0.149. The summed E-state index contributed by atoms with van der Waals surface area (Å²) in [7, 11) is -3.78. The average molecular weight is 440 g/mol. The van der Waals surface area contributed by atoms with Crippen LogP contribution < -0.4 is 5.32 Å². The summed E-state index contributed by atoms with van der Waals surface area (Å²) in [5.41, 5.74) is 2.06. The van der Waals surface area contributed by atoms with Gasteiger partial charge in [-0.2, -0.15) is 4.31 Å². The third-order valence-corrected chi connectivity index (χ3v) is 7.84. The summed E-state index contributed by atoms with van der Waals surface area (Å²) >= 11 is 0. The first kappa shape index (κ1) is 21.6. The standard InChI is InChI=1S/C24H29N3O3S/c28-24(26-20-9-3-1-4-10-20)18-27(31(29,30)21-11-5-2-6-12-21)16-15-19-17-25-23-14-8-7-13-22(19)23/h2,5-8,11-14,17,20,25H,1,3-4,9-10,15-16,18H2,(H,26,28). The Morgan fingerprint density at radius 2 is 1.71 bits per heavy atom. The molecular weight excluding hydrogens is 410 g/mol. The van der Waals surface area contributed by atoms with Gasteiger partial charge in [0.1, 0.15) is 0 Å². The number of aromatic nitrogens is 1. The fourth-order valence-corrected chi connectivity index (χ4v) is 5.71. The highest BCUT2D eigenvalue weighted by Gasteiger charge is 2.27. The van der Waals surface area contributed by atoms with Crippen molar-refractivity contribution in [3.8, 4) is 0 Å². The van der Waals surface area contributed by atoms with Crippen molar-refractivity contribution in [2.75, 3.05) is 13.1 Å². The first-order chi connectivity index (χ1) is 15.0. The first-order valence-electron chi connectivity index (χ1n) is 10.9. The maximum atomic E-state index is 13.3.